The molecule has 0 aliphatic heterocycles. The van der Waals surface area contributed by atoms with Crippen molar-refractivity contribution in [2.24, 2.45) is 0 Å². The first kappa shape index (κ1) is 16.2. The Labute approximate surface area is 130 Å². The van der Waals surface area contributed by atoms with E-state index in [1.54, 1.807) is 11.3 Å². The summed E-state index contributed by atoms with van der Waals surface area (Å²) in [6.07, 6.45) is 0. The molecule has 2 aromatic rings. The summed E-state index contributed by atoms with van der Waals surface area (Å²) in [6.45, 7) is 0.374. The van der Waals surface area contributed by atoms with Gasteiger partial charge in [-0.15, -0.1) is 0 Å². The van der Waals surface area contributed by atoms with Gasteiger partial charge in [0.2, 0.25) is 10.0 Å². The SMILES string of the molecule is CN(C)C(CNS(=O)(=O)Cc1ccccc1)c1ccsc1. The van der Waals surface area contributed by atoms with Gasteiger partial charge in [0.15, 0.2) is 0 Å². The zero-order chi connectivity index (χ0) is 15.3. The molecule has 0 amide bonds. The minimum absolute atomic E-state index is 0.0115. The average molecular weight is 324 g/mol. The highest BCUT2D eigenvalue weighted by molar-refractivity contribution is 7.88. The van der Waals surface area contributed by atoms with Crippen LogP contribution in [0.25, 0.3) is 0 Å². The van der Waals surface area contributed by atoms with Crippen molar-refractivity contribution in [3.05, 3.63) is 58.3 Å². The summed E-state index contributed by atoms with van der Waals surface area (Å²) >= 11 is 1.62. The smallest absolute Gasteiger partial charge is 0.215 e. The van der Waals surface area contributed by atoms with Gasteiger partial charge in [-0.25, -0.2) is 13.1 Å². The van der Waals surface area contributed by atoms with Crippen LogP contribution in [0.1, 0.15) is 17.2 Å². The van der Waals surface area contributed by atoms with Crippen LogP contribution in [0.5, 0.6) is 0 Å². The lowest BCUT2D eigenvalue weighted by Gasteiger charge is -2.24. The summed E-state index contributed by atoms with van der Waals surface area (Å²) < 4.78 is 27.1. The molecule has 0 spiro atoms. The average Bonchev–Trinajstić information content (AvgIpc) is 2.93. The Morgan fingerprint density at radius 2 is 1.90 bits per heavy atom. The van der Waals surface area contributed by atoms with Crippen molar-refractivity contribution in [3.63, 3.8) is 0 Å². The number of hydrogen-bond donors (Lipinski definition) is 1. The second kappa shape index (κ2) is 7.17. The minimum atomic E-state index is -3.33. The van der Waals surface area contributed by atoms with Gasteiger partial charge in [0.05, 0.1) is 5.75 Å². The van der Waals surface area contributed by atoms with Gasteiger partial charge in [-0.1, -0.05) is 30.3 Å². The third-order valence-corrected chi connectivity index (χ3v) is 5.27. The minimum Gasteiger partial charge on any atom is -0.301 e. The highest BCUT2D eigenvalue weighted by Crippen LogP contribution is 2.20. The lowest BCUT2D eigenvalue weighted by molar-refractivity contribution is 0.300. The predicted molar refractivity (Wildman–Crippen MR) is 87.8 cm³/mol. The van der Waals surface area contributed by atoms with E-state index in [1.165, 1.54) is 0 Å². The molecule has 21 heavy (non-hydrogen) atoms. The van der Waals surface area contributed by atoms with E-state index in [4.69, 9.17) is 0 Å². The quantitative estimate of drug-likeness (QED) is 0.851. The van der Waals surface area contributed by atoms with Gasteiger partial charge >= 0.3 is 0 Å². The largest absolute Gasteiger partial charge is 0.301 e. The molecule has 0 fully saturated rings. The van der Waals surface area contributed by atoms with E-state index in [-0.39, 0.29) is 11.8 Å². The number of hydrogen-bond acceptors (Lipinski definition) is 4. The van der Waals surface area contributed by atoms with Crippen LogP contribution < -0.4 is 4.72 Å². The Balaban J connectivity index is 2.00. The number of nitrogens with zero attached hydrogens (tertiary/aromatic N) is 1. The lowest BCUT2D eigenvalue weighted by Crippen LogP contribution is -2.35. The molecule has 2 rings (SSSR count). The van der Waals surface area contributed by atoms with E-state index in [0.717, 1.165) is 11.1 Å². The summed E-state index contributed by atoms with van der Waals surface area (Å²) in [7, 11) is 0.577. The van der Waals surface area contributed by atoms with Gasteiger partial charge in [0.25, 0.3) is 0 Å². The topological polar surface area (TPSA) is 49.4 Å². The maximum Gasteiger partial charge on any atom is 0.215 e. The van der Waals surface area contributed by atoms with Crippen molar-refractivity contribution in [1.82, 2.24) is 9.62 Å². The molecule has 114 valence electrons. The number of likely N-dealkylation sites (N-methyl/N-ethyl adjacent to an activating group) is 1. The standard InChI is InChI=1S/C15H20N2O2S2/c1-17(2)15(14-8-9-20-11-14)10-16-21(18,19)12-13-6-4-3-5-7-13/h3-9,11,15-16H,10,12H2,1-2H3. The lowest BCUT2D eigenvalue weighted by atomic mass is 10.1. The Hall–Kier alpha value is -1.21. The summed E-state index contributed by atoms with van der Waals surface area (Å²) in [6, 6.07) is 11.3. The fourth-order valence-electron chi connectivity index (χ4n) is 2.11. The third kappa shape index (κ3) is 4.93. The Bertz CT molecular complexity index is 638. The molecule has 1 aromatic carbocycles. The fraction of sp³-hybridized carbons (Fsp3) is 0.333. The fourth-order valence-corrected chi connectivity index (χ4v) is 3.97. The van der Waals surface area contributed by atoms with Crippen LogP contribution in [-0.2, 0) is 15.8 Å². The second-order valence-corrected chi connectivity index (χ2v) is 7.72. The predicted octanol–water partition coefficient (Wildman–Crippen LogP) is 2.47. The van der Waals surface area contributed by atoms with Crippen molar-refractivity contribution in [3.8, 4) is 0 Å². The van der Waals surface area contributed by atoms with Crippen LogP contribution in [-0.4, -0.2) is 34.0 Å². The first-order chi connectivity index (χ1) is 9.98. The summed E-state index contributed by atoms with van der Waals surface area (Å²) in [5, 5.41) is 4.06. The van der Waals surface area contributed by atoms with Gasteiger partial charge in [0.1, 0.15) is 0 Å². The third-order valence-electron chi connectivity index (χ3n) is 3.25. The van der Waals surface area contributed by atoms with Gasteiger partial charge in [-0.05, 0) is 42.0 Å². The van der Waals surface area contributed by atoms with Gasteiger partial charge < -0.3 is 4.90 Å². The van der Waals surface area contributed by atoms with Crippen LogP contribution in [0.15, 0.2) is 47.2 Å². The molecule has 1 unspecified atom stereocenters. The monoisotopic (exact) mass is 324 g/mol. The molecule has 0 aliphatic carbocycles. The van der Waals surface area contributed by atoms with Crippen molar-refractivity contribution >= 4 is 21.4 Å². The number of benzene rings is 1. The van der Waals surface area contributed by atoms with Crippen molar-refractivity contribution < 1.29 is 8.42 Å². The number of nitrogens with one attached hydrogen (secondary N) is 1. The van der Waals surface area contributed by atoms with E-state index in [9.17, 15) is 8.42 Å². The van der Waals surface area contributed by atoms with Crippen LogP contribution in [0.4, 0.5) is 0 Å². The zero-order valence-electron chi connectivity index (χ0n) is 12.2. The van der Waals surface area contributed by atoms with E-state index in [2.05, 4.69) is 10.1 Å². The highest BCUT2D eigenvalue weighted by Gasteiger charge is 2.18. The molecule has 0 bridgehead atoms. The maximum atomic E-state index is 12.2. The van der Waals surface area contributed by atoms with Gasteiger partial charge in [-0.3, -0.25) is 0 Å². The first-order valence-electron chi connectivity index (χ1n) is 6.68. The molecular formula is C15H20N2O2S2. The maximum absolute atomic E-state index is 12.2. The van der Waals surface area contributed by atoms with E-state index >= 15 is 0 Å². The summed E-state index contributed by atoms with van der Waals surface area (Å²) in [5.74, 6) is 0.0115. The van der Waals surface area contributed by atoms with Crippen molar-refractivity contribution in [2.45, 2.75) is 11.8 Å². The van der Waals surface area contributed by atoms with Crippen LogP contribution >= 0.6 is 11.3 Å². The van der Waals surface area contributed by atoms with Crippen LogP contribution in [0, 0.1) is 0 Å². The number of thiophene rings is 1. The van der Waals surface area contributed by atoms with Crippen LogP contribution in [0.2, 0.25) is 0 Å². The van der Waals surface area contributed by atoms with E-state index in [0.29, 0.717) is 6.54 Å². The zero-order valence-corrected chi connectivity index (χ0v) is 13.8. The van der Waals surface area contributed by atoms with E-state index in [1.807, 2.05) is 60.8 Å². The molecule has 0 saturated heterocycles. The molecule has 6 heteroatoms. The van der Waals surface area contributed by atoms with Gasteiger partial charge in [0, 0.05) is 12.6 Å². The Kier molecular flexibility index (Phi) is 5.52. The number of sulfonamides is 1. The first-order valence-corrected chi connectivity index (χ1v) is 9.27. The molecule has 0 saturated carbocycles. The van der Waals surface area contributed by atoms with E-state index < -0.39 is 10.0 Å². The molecule has 1 atom stereocenters. The van der Waals surface area contributed by atoms with Crippen molar-refractivity contribution in [2.75, 3.05) is 20.6 Å². The number of rotatable bonds is 7. The molecule has 0 aliphatic rings. The van der Waals surface area contributed by atoms with Crippen LogP contribution in [0.3, 0.4) is 0 Å². The molecule has 1 heterocycles. The summed E-state index contributed by atoms with van der Waals surface area (Å²) in [5.41, 5.74) is 1.93. The molecular weight excluding hydrogens is 304 g/mol. The normalized spacial score (nSPS) is 13.5. The molecule has 1 aromatic heterocycles. The van der Waals surface area contributed by atoms with Gasteiger partial charge in [-0.2, -0.15) is 11.3 Å². The molecule has 0 radical (unpaired) electrons. The Morgan fingerprint density at radius 3 is 2.48 bits per heavy atom. The Morgan fingerprint density at radius 1 is 1.19 bits per heavy atom. The second-order valence-electron chi connectivity index (χ2n) is 5.13. The molecule has 4 nitrogen and oxygen atoms in total. The van der Waals surface area contributed by atoms with Crippen molar-refractivity contribution in [1.29, 1.82) is 0 Å². The molecule has 1 N–H and O–H groups in total. The highest BCUT2D eigenvalue weighted by atomic mass is 32.2. The summed E-state index contributed by atoms with van der Waals surface area (Å²) in [4.78, 5) is 2.02.